The molecule has 0 saturated carbocycles. The maximum absolute atomic E-state index is 5.26. The number of hydrogen-bond acceptors (Lipinski definition) is 3. The first kappa shape index (κ1) is 11.1. The van der Waals surface area contributed by atoms with Crippen LogP contribution in [0.3, 0.4) is 0 Å². The Labute approximate surface area is 106 Å². The molecule has 0 saturated heterocycles. The minimum absolute atomic E-state index is 0.0990. The minimum Gasteiger partial charge on any atom is -0.459 e. The van der Waals surface area contributed by atoms with E-state index in [1.165, 1.54) is 10.9 Å². The minimum atomic E-state index is -0.0990. The molecule has 0 bridgehead atoms. The van der Waals surface area contributed by atoms with E-state index < -0.39 is 0 Å². The van der Waals surface area contributed by atoms with Crippen LogP contribution in [0, 0.1) is 0 Å². The number of rotatable bonds is 4. The number of hydrogen-bond donors (Lipinski definition) is 0. The maximum atomic E-state index is 5.26. The van der Waals surface area contributed by atoms with Gasteiger partial charge in [-0.3, -0.25) is 4.98 Å². The largest absolute Gasteiger partial charge is 0.459 e. The van der Waals surface area contributed by atoms with E-state index in [0.717, 1.165) is 24.8 Å². The van der Waals surface area contributed by atoms with Crippen molar-refractivity contribution in [1.29, 1.82) is 0 Å². The Bertz CT molecular complexity index is 552. The molecule has 92 valence electrons. The molecule has 0 N–H and O–H groups in total. The third-order valence-corrected chi connectivity index (χ3v) is 3.14. The van der Waals surface area contributed by atoms with Crippen molar-refractivity contribution < 1.29 is 9.47 Å². The highest BCUT2D eigenvalue weighted by molar-refractivity contribution is 5.81. The molecule has 3 rings (SSSR count). The van der Waals surface area contributed by atoms with Gasteiger partial charge in [-0.25, -0.2) is 0 Å². The van der Waals surface area contributed by atoms with Crippen molar-refractivity contribution >= 4 is 10.9 Å². The highest BCUT2D eigenvalue weighted by Crippen LogP contribution is 2.19. The normalized spacial score (nSPS) is 14.7. The molecule has 1 aromatic carbocycles. The molecule has 0 aliphatic carbocycles. The summed E-state index contributed by atoms with van der Waals surface area (Å²) in [5.74, 6) is 0. The highest BCUT2D eigenvalue weighted by Gasteiger charge is 2.11. The van der Waals surface area contributed by atoms with Crippen LogP contribution in [0.15, 0.2) is 49.1 Å². The molecule has 2 aromatic rings. The Morgan fingerprint density at radius 1 is 1.06 bits per heavy atom. The van der Waals surface area contributed by atoms with Gasteiger partial charge in [0.05, 0.1) is 5.52 Å². The average molecular weight is 241 g/mol. The second-order valence-electron chi connectivity index (χ2n) is 4.35. The monoisotopic (exact) mass is 241 g/mol. The van der Waals surface area contributed by atoms with E-state index in [1.807, 2.05) is 18.3 Å². The van der Waals surface area contributed by atoms with Crippen LogP contribution >= 0.6 is 0 Å². The van der Waals surface area contributed by atoms with Gasteiger partial charge in [-0.05, 0) is 30.5 Å². The third-order valence-electron chi connectivity index (χ3n) is 3.14. The fourth-order valence-electron chi connectivity index (χ4n) is 2.24. The smallest absolute Gasteiger partial charge is 0.239 e. The maximum Gasteiger partial charge on any atom is 0.239 e. The summed E-state index contributed by atoms with van der Waals surface area (Å²) in [7, 11) is 0. The summed E-state index contributed by atoms with van der Waals surface area (Å²) in [5, 5.41) is 1.24. The topological polar surface area (TPSA) is 31.4 Å². The molecule has 0 amide bonds. The zero-order valence-electron chi connectivity index (χ0n) is 10.1. The lowest BCUT2D eigenvalue weighted by Crippen LogP contribution is -2.07. The van der Waals surface area contributed by atoms with E-state index in [9.17, 15) is 0 Å². The molecule has 0 atom stereocenters. The third kappa shape index (κ3) is 2.30. The fourth-order valence-corrected chi connectivity index (χ4v) is 2.24. The van der Waals surface area contributed by atoms with Crippen molar-refractivity contribution in [1.82, 2.24) is 4.98 Å². The summed E-state index contributed by atoms with van der Waals surface area (Å²) < 4.78 is 10.5. The Kier molecular flexibility index (Phi) is 3.13. The standard InChI is InChI=1S/C15H15NO2/c1-2-6-14-13(5-1)12(8-9-16-14)4-3-7-15-17-10-11-18-15/h1-2,5-6,8-11,15H,3-4,7H2. The SMILES string of the molecule is C1=COC(CCCc2ccnc3ccccc23)O1. The van der Waals surface area contributed by atoms with Crippen molar-refractivity contribution in [2.75, 3.05) is 0 Å². The van der Waals surface area contributed by atoms with Gasteiger partial charge in [-0.2, -0.15) is 0 Å². The molecule has 1 aromatic heterocycles. The molecule has 0 radical (unpaired) electrons. The second-order valence-corrected chi connectivity index (χ2v) is 4.35. The van der Waals surface area contributed by atoms with Gasteiger partial charge < -0.3 is 9.47 Å². The summed E-state index contributed by atoms with van der Waals surface area (Å²) >= 11 is 0. The van der Waals surface area contributed by atoms with Crippen LogP contribution in [-0.2, 0) is 15.9 Å². The Morgan fingerprint density at radius 2 is 1.89 bits per heavy atom. The quantitative estimate of drug-likeness (QED) is 0.822. The van der Waals surface area contributed by atoms with Gasteiger partial charge in [0.15, 0.2) is 0 Å². The molecule has 1 aliphatic rings. The summed E-state index contributed by atoms with van der Waals surface area (Å²) in [5.41, 5.74) is 2.40. The predicted octanol–water partition coefficient (Wildman–Crippen LogP) is 3.40. The molecule has 1 aliphatic heterocycles. The first-order chi connectivity index (χ1) is 8.93. The number of pyridine rings is 1. The van der Waals surface area contributed by atoms with E-state index in [4.69, 9.17) is 9.47 Å². The second kappa shape index (κ2) is 5.08. The summed E-state index contributed by atoms with van der Waals surface area (Å²) in [4.78, 5) is 4.37. The Hall–Kier alpha value is -2.03. The van der Waals surface area contributed by atoms with Crippen LogP contribution < -0.4 is 0 Å². The zero-order chi connectivity index (χ0) is 12.2. The average Bonchev–Trinajstić information content (AvgIpc) is 2.92. The van der Waals surface area contributed by atoms with Gasteiger partial charge in [-0.1, -0.05) is 18.2 Å². The van der Waals surface area contributed by atoms with Gasteiger partial charge in [0.2, 0.25) is 6.29 Å². The van der Waals surface area contributed by atoms with Crippen molar-refractivity contribution in [2.24, 2.45) is 0 Å². The van der Waals surface area contributed by atoms with Crippen LogP contribution in [-0.4, -0.2) is 11.3 Å². The van der Waals surface area contributed by atoms with Gasteiger partial charge >= 0.3 is 0 Å². The van der Waals surface area contributed by atoms with Crippen molar-refractivity contribution in [3.05, 3.63) is 54.6 Å². The fraction of sp³-hybridized carbons (Fsp3) is 0.267. The van der Waals surface area contributed by atoms with E-state index >= 15 is 0 Å². The summed E-state index contributed by atoms with van der Waals surface area (Å²) in [6.07, 6.45) is 7.95. The lowest BCUT2D eigenvalue weighted by atomic mass is 10.0. The first-order valence-corrected chi connectivity index (χ1v) is 6.22. The first-order valence-electron chi connectivity index (χ1n) is 6.22. The number of para-hydroxylation sites is 1. The van der Waals surface area contributed by atoms with Crippen LogP contribution in [0.5, 0.6) is 0 Å². The van der Waals surface area contributed by atoms with Gasteiger partial charge in [0.1, 0.15) is 12.5 Å². The predicted molar refractivity (Wildman–Crippen MR) is 69.8 cm³/mol. The van der Waals surface area contributed by atoms with E-state index in [2.05, 4.69) is 23.2 Å². The number of nitrogens with zero attached hydrogens (tertiary/aromatic N) is 1. The number of aryl methyl sites for hydroxylation is 1. The van der Waals surface area contributed by atoms with E-state index in [0.29, 0.717) is 0 Å². The van der Waals surface area contributed by atoms with E-state index in [1.54, 1.807) is 12.5 Å². The molecule has 0 unspecified atom stereocenters. The van der Waals surface area contributed by atoms with Crippen molar-refractivity contribution in [2.45, 2.75) is 25.6 Å². The van der Waals surface area contributed by atoms with Crippen LogP contribution in [0.1, 0.15) is 18.4 Å². The van der Waals surface area contributed by atoms with Crippen molar-refractivity contribution in [3.63, 3.8) is 0 Å². The molecular formula is C15H15NO2. The Morgan fingerprint density at radius 3 is 2.78 bits per heavy atom. The lowest BCUT2D eigenvalue weighted by molar-refractivity contribution is -0.0290. The zero-order valence-corrected chi connectivity index (χ0v) is 10.1. The van der Waals surface area contributed by atoms with E-state index in [-0.39, 0.29) is 6.29 Å². The summed E-state index contributed by atoms with van der Waals surface area (Å²) in [6.45, 7) is 0. The number of fused-ring (bicyclic) bond motifs is 1. The highest BCUT2D eigenvalue weighted by atomic mass is 16.7. The van der Waals surface area contributed by atoms with Crippen molar-refractivity contribution in [3.8, 4) is 0 Å². The van der Waals surface area contributed by atoms with Gasteiger partial charge in [0, 0.05) is 18.0 Å². The molecule has 3 nitrogen and oxygen atoms in total. The molecule has 3 heteroatoms. The molecular weight excluding hydrogens is 226 g/mol. The van der Waals surface area contributed by atoms with Crippen LogP contribution in [0.4, 0.5) is 0 Å². The van der Waals surface area contributed by atoms with Crippen LogP contribution in [0.2, 0.25) is 0 Å². The van der Waals surface area contributed by atoms with Crippen LogP contribution in [0.25, 0.3) is 10.9 Å². The number of benzene rings is 1. The lowest BCUT2D eigenvalue weighted by Gasteiger charge is -2.10. The number of aromatic nitrogens is 1. The molecule has 0 fully saturated rings. The summed E-state index contributed by atoms with van der Waals surface area (Å²) in [6, 6.07) is 10.3. The van der Waals surface area contributed by atoms with Gasteiger partial charge in [-0.15, -0.1) is 0 Å². The molecule has 0 spiro atoms. The van der Waals surface area contributed by atoms with Gasteiger partial charge in [0.25, 0.3) is 0 Å². The number of ether oxygens (including phenoxy) is 2. The molecule has 2 heterocycles. The molecule has 18 heavy (non-hydrogen) atoms. The Balaban J connectivity index is 1.67.